The van der Waals surface area contributed by atoms with Crippen LogP contribution in [0.4, 0.5) is 5.69 Å². The maximum Gasteiger partial charge on any atom is 0.331 e. The third-order valence-electron chi connectivity index (χ3n) is 5.95. The maximum absolute atomic E-state index is 13.0. The molecule has 3 aromatic rings. The lowest BCUT2D eigenvalue weighted by Crippen LogP contribution is -2.47. The zero-order chi connectivity index (χ0) is 29.1. The summed E-state index contributed by atoms with van der Waals surface area (Å²) in [4.78, 5) is 25.9. The molecule has 3 aromatic carbocycles. The van der Waals surface area contributed by atoms with Gasteiger partial charge in [-0.1, -0.05) is 30.9 Å². The van der Waals surface area contributed by atoms with E-state index in [2.05, 4.69) is 29.0 Å². The summed E-state index contributed by atoms with van der Waals surface area (Å²) in [6, 6.07) is 17.3. The van der Waals surface area contributed by atoms with Crippen LogP contribution in [-0.2, 0) is 9.53 Å². The topological polar surface area (TPSA) is 162 Å². The lowest BCUT2D eigenvalue weighted by Gasteiger charge is -2.27. The van der Waals surface area contributed by atoms with Crippen molar-refractivity contribution in [1.82, 2.24) is 5.32 Å². The number of aliphatic hydroxyl groups is 3. The minimum atomic E-state index is -1.53. The van der Waals surface area contributed by atoms with E-state index in [-0.39, 0.29) is 23.5 Å². The van der Waals surface area contributed by atoms with Crippen molar-refractivity contribution in [3.05, 3.63) is 95.1 Å². The molecule has 0 heterocycles. The predicted octanol–water partition coefficient (Wildman–Crippen LogP) is 1.74. The van der Waals surface area contributed by atoms with Crippen LogP contribution in [0.5, 0.6) is 5.75 Å². The zero-order valence-electron chi connectivity index (χ0n) is 21.8. The van der Waals surface area contributed by atoms with Crippen molar-refractivity contribution in [2.45, 2.75) is 19.1 Å². The van der Waals surface area contributed by atoms with Crippen LogP contribution in [0, 0.1) is 29.1 Å². The number of ether oxygens (including phenoxy) is 1. The molecule has 1 amide bonds. The number of phenols is 1. The Balaban J connectivity index is 1.73. The van der Waals surface area contributed by atoms with Gasteiger partial charge in [0.1, 0.15) is 18.5 Å². The largest absolute Gasteiger partial charge is 0.508 e. The molecule has 0 aromatic heterocycles. The summed E-state index contributed by atoms with van der Waals surface area (Å²) in [5.41, 5.74) is 7.02. The molecule has 0 spiro atoms. The quantitative estimate of drug-likeness (QED) is 0.135. The van der Waals surface area contributed by atoms with Crippen molar-refractivity contribution in [2.75, 3.05) is 25.6 Å². The van der Waals surface area contributed by atoms with E-state index < -0.39 is 42.7 Å². The summed E-state index contributed by atoms with van der Waals surface area (Å²) in [5.74, 6) is 9.61. The standard InChI is InChI=1S/C31H30N2O7/c1-31(18-34,19-35)20-40-30(39)27(28(37)23-12-16-26(36)17-13-23)33-29(38)24-10-6-21(7-11-24)4-2-3-5-22-8-14-25(32)15-9-22/h6-17,27-28,34-37H,18-20,32H2,1H3,(H,33,38). The van der Waals surface area contributed by atoms with Crippen LogP contribution in [0.3, 0.4) is 0 Å². The van der Waals surface area contributed by atoms with Gasteiger partial charge in [0.15, 0.2) is 6.04 Å². The number of carbonyl (C=O) groups is 2. The number of hydrogen-bond acceptors (Lipinski definition) is 8. The Morgan fingerprint density at radius 3 is 1.95 bits per heavy atom. The summed E-state index contributed by atoms with van der Waals surface area (Å²) < 4.78 is 5.25. The van der Waals surface area contributed by atoms with E-state index >= 15 is 0 Å². The molecule has 206 valence electrons. The van der Waals surface area contributed by atoms with Crippen LogP contribution in [0.15, 0.2) is 72.8 Å². The average molecular weight is 543 g/mol. The van der Waals surface area contributed by atoms with E-state index in [1.54, 1.807) is 36.4 Å². The fourth-order valence-electron chi connectivity index (χ4n) is 3.31. The second kappa shape index (κ2) is 13.8. The van der Waals surface area contributed by atoms with Gasteiger partial charge in [-0.25, -0.2) is 4.79 Å². The third kappa shape index (κ3) is 8.35. The summed E-state index contributed by atoms with van der Waals surface area (Å²) in [6.45, 7) is 0.271. The smallest absolute Gasteiger partial charge is 0.331 e. The van der Waals surface area contributed by atoms with Gasteiger partial charge in [0.2, 0.25) is 0 Å². The first-order chi connectivity index (χ1) is 19.1. The number of nitrogens with two attached hydrogens (primary N) is 1. The van der Waals surface area contributed by atoms with Gasteiger partial charge in [0, 0.05) is 27.8 Å². The van der Waals surface area contributed by atoms with Crippen molar-refractivity contribution in [2.24, 2.45) is 5.41 Å². The number of aromatic hydroxyl groups is 1. The Bertz CT molecular complexity index is 1420. The Hall–Kier alpha value is -4.80. The molecule has 0 aliphatic rings. The normalized spacial score (nSPS) is 12.1. The number of anilines is 1. The third-order valence-corrected chi connectivity index (χ3v) is 5.95. The molecule has 0 saturated carbocycles. The monoisotopic (exact) mass is 542 g/mol. The van der Waals surface area contributed by atoms with Gasteiger partial charge in [-0.15, -0.1) is 0 Å². The highest BCUT2D eigenvalue weighted by atomic mass is 16.5. The van der Waals surface area contributed by atoms with E-state index in [0.29, 0.717) is 11.3 Å². The molecule has 0 fully saturated rings. The molecule has 0 bridgehead atoms. The summed E-state index contributed by atoms with van der Waals surface area (Å²) in [5, 5.41) is 41.9. The number of nitrogen functional groups attached to an aromatic ring is 1. The van der Waals surface area contributed by atoms with Crippen molar-refractivity contribution in [3.8, 4) is 29.4 Å². The number of nitrogens with one attached hydrogen (secondary N) is 1. The second-order valence-corrected chi connectivity index (χ2v) is 9.42. The van der Waals surface area contributed by atoms with E-state index in [0.717, 1.165) is 5.56 Å². The van der Waals surface area contributed by atoms with Crippen LogP contribution in [0.1, 0.15) is 40.1 Å². The van der Waals surface area contributed by atoms with Crippen molar-refractivity contribution in [3.63, 3.8) is 0 Å². The highest BCUT2D eigenvalue weighted by Crippen LogP contribution is 2.22. The first-order valence-corrected chi connectivity index (χ1v) is 12.3. The molecule has 0 aliphatic heterocycles. The van der Waals surface area contributed by atoms with E-state index in [4.69, 9.17) is 10.5 Å². The van der Waals surface area contributed by atoms with Gasteiger partial charge in [0.25, 0.3) is 5.91 Å². The number of carbonyl (C=O) groups excluding carboxylic acids is 2. The van der Waals surface area contributed by atoms with Gasteiger partial charge in [-0.2, -0.15) is 0 Å². The fraction of sp³-hybridized carbons (Fsp3) is 0.226. The SMILES string of the molecule is CC(CO)(CO)COC(=O)C(NC(=O)c1ccc(C#CC#Cc2ccc(N)cc2)cc1)C(O)c1ccc(O)cc1. The molecule has 2 unspecified atom stereocenters. The Morgan fingerprint density at radius 1 is 0.900 bits per heavy atom. The summed E-state index contributed by atoms with van der Waals surface area (Å²) in [6.07, 6.45) is -1.52. The maximum atomic E-state index is 13.0. The first-order valence-electron chi connectivity index (χ1n) is 12.3. The number of benzene rings is 3. The summed E-state index contributed by atoms with van der Waals surface area (Å²) in [7, 11) is 0. The van der Waals surface area contributed by atoms with E-state index in [1.807, 2.05) is 0 Å². The van der Waals surface area contributed by atoms with Crippen molar-refractivity contribution < 1.29 is 34.8 Å². The molecule has 3 rings (SSSR count). The second-order valence-electron chi connectivity index (χ2n) is 9.42. The Kier molecular flexibility index (Phi) is 10.3. The fourth-order valence-corrected chi connectivity index (χ4v) is 3.31. The molecule has 9 heteroatoms. The number of amides is 1. The minimum Gasteiger partial charge on any atom is -0.508 e. The number of aliphatic hydroxyl groups excluding tert-OH is 3. The molecule has 2 atom stereocenters. The molecular weight excluding hydrogens is 512 g/mol. The highest BCUT2D eigenvalue weighted by Gasteiger charge is 2.34. The first kappa shape index (κ1) is 29.8. The van der Waals surface area contributed by atoms with Crippen LogP contribution < -0.4 is 11.1 Å². The molecule has 0 aliphatic carbocycles. The lowest BCUT2D eigenvalue weighted by molar-refractivity contribution is -0.154. The van der Waals surface area contributed by atoms with Crippen LogP contribution in [0.25, 0.3) is 0 Å². The van der Waals surface area contributed by atoms with E-state index in [1.165, 1.54) is 43.3 Å². The number of esters is 1. The van der Waals surface area contributed by atoms with Gasteiger partial charge in [0.05, 0.1) is 13.2 Å². The van der Waals surface area contributed by atoms with Crippen LogP contribution in [0.2, 0.25) is 0 Å². The molecule has 0 radical (unpaired) electrons. The van der Waals surface area contributed by atoms with Crippen LogP contribution >= 0.6 is 0 Å². The molecule has 40 heavy (non-hydrogen) atoms. The predicted molar refractivity (Wildman–Crippen MR) is 149 cm³/mol. The number of rotatable bonds is 9. The van der Waals surface area contributed by atoms with Gasteiger partial charge in [-0.05, 0) is 78.1 Å². The molecule has 0 saturated heterocycles. The van der Waals surface area contributed by atoms with Crippen molar-refractivity contribution in [1.29, 1.82) is 0 Å². The van der Waals surface area contributed by atoms with Gasteiger partial charge >= 0.3 is 5.97 Å². The minimum absolute atomic E-state index is 0.0415. The molecule has 7 N–H and O–H groups in total. The Labute approximate surface area is 232 Å². The van der Waals surface area contributed by atoms with E-state index in [9.17, 15) is 30.0 Å². The summed E-state index contributed by atoms with van der Waals surface area (Å²) >= 11 is 0. The van der Waals surface area contributed by atoms with Gasteiger partial charge in [-0.3, -0.25) is 4.79 Å². The Morgan fingerprint density at radius 2 is 1.43 bits per heavy atom. The van der Waals surface area contributed by atoms with Crippen LogP contribution in [-0.4, -0.2) is 58.2 Å². The number of hydrogen-bond donors (Lipinski definition) is 6. The molecule has 9 nitrogen and oxygen atoms in total. The lowest BCUT2D eigenvalue weighted by atomic mass is 9.94. The zero-order valence-corrected chi connectivity index (χ0v) is 21.8. The van der Waals surface area contributed by atoms with Gasteiger partial charge < -0.3 is 36.2 Å². The average Bonchev–Trinajstić information content (AvgIpc) is 2.98. The highest BCUT2D eigenvalue weighted by molar-refractivity contribution is 5.97. The van der Waals surface area contributed by atoms with Crippen molar-refractivity contribution >= 4 is 17.6 Å². The molecular formula is C31H30N2O7. The number of phenolic OH excluding ortho intramolecular Hbond substituents is 1.